The predicted molar refractivity (Wildman–Crippen MR) is 31.1 cm³/mol. The minimum Gasteiger partial charge on any atom is -0.379 e. The Morgan fingerprint density at radius 2 is 2.62 bits per heavy atom. The molecule has 0 aromatic carbocycles. The van der Waals surface area contributed by atoms with Crippen molar-refractivity contribution in [3.05, 3.63) is 0 Å². The van der Waals surface area contributed by atoms with E-state index >= 15 is 0 Å². The van der Waals surface area contributed by atoms with Crippen molar-refractivity contribution < 1.29 is 0 Å². The molecule has 0 aliphatic heterocycles. The molecule has 0 spiro atoms. The van der Waals surface area contributed by atoms with Gasteiger partial charge in [0.05, 0.1) is 6.34 Å². The maximum Gasteiger partial charge on any atom is 0.186 e. The van der Waals surface area contributed by atoms with Crippen molar-refractivity contribution in [3.63, 3.8) is 0 Å². The fourth-order valence-electron chi connectivity index (χ4n) is 0.188. The van der Waals surface area contributed by atoms with E-state index in [-0.39, 0.29) is 0 Å². The maximum atomic E-state index is 8.04. The lowest BCUT2D eigenvalue weighted by atomic mass is 10.6. The molecular weight excluding hydrogens is 104 g/mol. The lowest BCUT2D eigenvalue weighted by Crippen LogP contribution is -2.16. The predicted octanol–water partition coefficient (Wildman–Crippen LogP) is -0.958. The van der Waals surface area contributed by atoms with Crippen LogP contribution in [0.1, 0.15) is 0 Å². The Kier molecular flexibility index (Phi) is 3.54. The van der Waals surface area contributed by atoms with Crippen LogP contribution in [0.4, 0.5) is 0 Å². The molecule has 1 unspecified atom stereocenters. The summed E-state index contributed by atoms with van der Waals surface area (Å²) in [4.78, 5) is 3.54. The second kappa shape index (κ2) is 4.09. The van der Waals surface area contributed by atoms with E-state index in [9.17, 15) is 0 Å². The smallest absolute Gasteiger partial charge is 0.186 e. The number of nitrogens with zero attached hydrogens (tertiary/aromatic N) is 2. The van der Waals surface area contributed by atoms with Crippen LogP contribution in [0.25, 0.3) is 0 Å². The number of hydrogen-bond acceptors (Lipinski definition) is 3. The van der Waals surface area contributed by atoms with Crippen LogP contribution in [0.5, 0.6) is 0 Å². The molecule has 4 heteroatoms. The lowest BCUT2D eigenvalue weighted by Gasteiger charge is -1.89. The monoisotopic (exact) mass is 112 g/mol. The summed E-state index contributed by atoms with van der Waals surface area (Å²) in [6, 6.07) is 1.74. The second-order valence-corrected chi connectivity index (χ2v) is 1.14. The standard InChI is InChI=1S/C4H8N4/c1-7-3-8-4(6)2-5/h3-4H,6H2,1H3,(H,7,8). The summed E-state index contributed by atoms with van der Waals surface area (Å²) in [6.45, 7) is 0. The summed E-state index contributed by atoms with van der Waals surface area (Å²) in [7, 11) is 1.69. The van der Waals surface area contributed by atoms with E-state index in [0.29, 0.717) is 0 Å². The Hall–Kier alpha value is -1.08. The normalized spacial score (nSPS) is 13.1. The molecule has 0 aliphatic carbocycles. The van der Waals surface area contributed by atoms with E-state index in [4.69, 9.17) is 11.0 Å². The summed E-state index contributed by atoms with van der Waals surface area (Å²) >= 11 is 0. The summed E-state index contributed by atoms with van der Waals surface area (Å²) in [5.41, 5.74) is 5.06. The van der Waals surface area contributed by atoms with Gasteiger partial charge in [-0.3, -0.25) is 5.73 Å². The lowest BCUT2D eigenvalue weighted by molar-refractivity contribution is 0.887. The Labute approximate surface area is 48.0 Å². The van der Waals surface area contributed by atoms with Gasteiger partial charge in [-0.2, -0.15) is 5.26 Å². The van der Waals surface area contributed by atoms with Crippen LogP contribution in [0, 0.1) is 11.3 Å². The highest BCUT2D eigenvalue weighted by molar-refractivity contribution is 5.54. The Morgan fingerprint density at radius 3 is 3.00 bits per heavy atom. The number of rotatable bonds is 2. The largest absolute Gasteiger partial charge is 0.379 e. The first-order chi connectivity index (χ1) is 3.81. The summed E-state index contributed by atoms with van der Waals surface area (Å²) in [5.74, 6) is 0. The van der Waals surface area contributed by atoms with Crippen molar-refractivity contribution in [2.75, 3.05) is 7.05 Å². The SMILES string of the molecule is CN/C=N\C(N)C#N. The molecule has 44 valence electrons. The van der Waals surface area contributed by atoms with E-state index in [1.807, 2.05) is 0 Å². The molecule has 0 bridgehead atoms. The van der Waals surface area contributed by atoms with Crippen LogP contribution in [0.3, 0.4) is 0 Å². The first-order valence-electron chi connectivity index (χ1n) is 2.15. The van der Waals surface area contributed by atoms with Crippen LogP contribution in [-0.2, 0) is 0 Å². The van der Waals surface area contributed by atoms with Crippen LogP contribution in [0.15, 0.2) is 4.99 Å². The second-order valence-electron chi connectivity index (χ2n) is 1.14. The molecule has 3 N–H and O–H groups in total. The van der Waals surface area contributed by atoms with Gasteiger partial charge in [-0.05, 0) is 0 Å². The molecule has 0 aliphatic rings. The van der Waals surface area contributed by atoms with Crippen LogP contribution >= 0.6 is 0 Å². The van der Waals surface area contributed by atoms with Crippen molar-refractivity contribution in [1.82, 2.24) is 5.32 Å². The van der Waals surface area contributed by atoms with E-state index in [2.05, 4.69) is 10.3 Å². The van der Waals surface area contributed by atoms with Crippen molar-refractivity contribution in [3.8, 4) is 6.07 Å². The van der Waals surface area contributed by atoms with Crippen molar-refractivity contribution in [2.45, 2.75) is 6.17 Å². The molecule has 0 fully saturated rings. The molecule has 0 saturated heterocycles. The topological polar surface area (TPSA) is 74.2 Å². The molecule has 0 rings (SSSR count). The fourth-order valence-corrected chi connectivity index (χ4v) is 0.188. The zero-order chi connectivity index (χ0) is 6.41. The van der Waals surface area contributed by atoms with E-state index in [1.54, 1.807) is 13.1 Å². The first kappa shape index (κ1) is 6.92. The van der Waals surface area contributed by atoms with E-state index < -0.39 is 6.17 Å². The molecule has 0 saturated carbocycles. The minimum atomic E-state index is -0.734. The molecule has 0 radical (unpaired) electrons. The molecule has 0 aromatic heterocycles. The van der Waals surface area contributed by atoms with Crippen LogP contribution in [0.2, 0.25) is 0 Å². The molecular formula is C4H8N4. The van der Waals surface area contributed by atoms with Gasteiger partial charge in [-0.15, -0.1) is 0 Å². The van der Waals surface area contributed by atoms with Gasteiger partial charge in [0, 0.05) is 7.05 Å². The zero-order valence-corrected chi connectivity index (χ0v) is 4.63. The Bertz CT molecular complexity index is 112. The van der Waals surface area contributed by atoms with E-state index in [0.717, 1.165) is 0 Å². The third kappa shape index (κ3) is 3.12. The number of nitrogens with two attached hydrogens (primary N) is 1. The highest BCUT2D eigenvalue weighted by Crippen LogP contribution is 1.70. The van der Waals surface area contributed by atoms with Gasteiger partial charge in [0.15, 0.2) is 6.17 Å². The summed E-state index contributed by atoms with van der Waals surface area (Å²) < 4.78 is 0. The van der Waals surface area contributed by atoms with Gasteiger partial charge >= 0.3 is 0 Å². The fraction of sp³-hybridized carbons (Fsp3) is 0.500. The molecule has 1 atom stereocenters. The first-order valence-corrected chi connectivity index (χ1v) is 2.15. The highest BCUT2D eigenvalue weighted by Gasteiger charge is 1.87. The number of hydrogen-bond donors (Lipinski definition) is 2. The van der Waals surface area contributed by atoms with Gasteiger partial charge < -0.3 is 5.32 Å². The average Bonchev–Trinajstić information content (AvgIpc) is 1.83. The highest BCUT2D eigenvalue weighted by atomic mass is 15.0. The van der Waals surface area contributed by atoms with Gasteiger partial charge in [-0.25, -0.2) is 4.99 Å². The average molecular weight is 112 g/mol. The molecule has 4 nitrogen and oxygen atoms in total. The number of aliphatic imine (C=N–C) groups is 1. The third-order valence-corrected chi connectivity index (χ3v) is 0.497. The minimum absolute atomic E-state index is 0.734. The van der Waals surface area contributed by atoms with Crippen LogP contribution < -0.4 is 11.1 Å². The zero-order valence-electron chi connectivity index (χ0n) is 4.63. The molecule has 0 aromatic rings. The van der Waals surface area contributed by atoms with Crippen molar-refractivity contribution in [2.24, 2.45) is 10.7 Å². The molecule has 0 amide bonds. The van der Waals surface area contributed by atoms with Crippen molar-refractivity contribution >= 4 is 6.34 Å². The molecule has 8 heavy (non-hydrogen) atoms. The molecule has 0 heterocycles. The van der Waals surface area contributed by atoms with E-state index in [1.165, 1.54) is 6.34 Å². The van der Waals surface area contributed by atoms with Crippen molar-refractivity contribution in [1.29, 1.82) is 5.26 Å². The Balaban J connectivity index is 3.40. The quantitative estimate of drug-likeness (QED) is 0.357. The Morgan fingerprint density at radius 1 is 2.00 bits per heavy atom. The van der Waals surface area contributed by atoms with Gasteiger partial charge in [0.2, 0.25) is 0 Å². The maximum absolute atomic E-state index is 8.04. The summed E-state index contributed by atoms with van der Waals surface area (Å²) in [5, 5.41) is 10.7. The van der Waals surface area contributed by atoms with Crippen LogP contribution in [-0.4, -0.2) is 19.6 Å². The number of nitriles is 1. The van der Waals surface area contributed by atoms with Gasteiger partial charge in [-0.1, -0.05) is 0 Å². The van der Waals surface area contributed by atoms with Gasteiger partial charge in [0.25, 0.3) is 0 Å². The summed E-state index contributed by atoms with van der Waals surface area (Å²) in [6.07, 6.45) is 0.649. The van der Waals surface area contributed by atoms with Gasteiger partial charge in [0.1, 0.15) is 6.07 Å². The third-order valence-electron chi connectivity index (χ3n) is 0.497. The number of nitrogens with one attached hydrogen (secondary N) is 1.